The molecule has 27 heavy (non-hydrogen) atoms. The molecule has 1 fully saturated rings. The second kappa shape index (κ2) is 7.19. The smallest absolute Gasteiger partial charge is 0.257 e. The van der Waals surface area contributed by atoms with Crippen molar-refractivity contribution in [2.24, 2.45) is 0 Å². The second-order valence-electron chi connectivity index (χ2n) is 6.49. The number of methoxy groups -OCH3 is 1. The quantitative estimate of drug-likeness (QED) is 0.691. The number of aromatic nitrogens is 2. The summed E-state index contributed by atoms with van der Waals surface area (Å²) in [7, 11) is 1.62. The van der Waals surface area contributed by atoms with Gasteiger partial charge in [-0.1, -0.05) is 17.3 Å². The van der Waals surface area contributed by atoms with E-state index < -0.39 is 0 Å². The van der Waals surface area contributed by atoms with Crippen molar-refractivity contribution in [2.45, 2.75) is 18.9 Å². The number of carbonyl (C=O) groups is 1. The molecule has 6 nitrogen and oxygen atoms in total. The number of carbonyl (C=O) groups excluding carboxylic acids is 1. The Balaban J connectivity index is 1.46. The van der Waals surface area contributed by atoms with Gasteiger partial charge >= 0.3 is 0 Å². The zero-order valence-corrected chi connectivity index (χ0v) is 14.8. The second-order valence-corrected chi connectivity index (χ2v) is 6.49. The molecule has 1 aliphatic rings. The predicted octanol–water partition coefficient (Wildman–Crippen LogP) is 3.40. The van der Waals surface area contributed by atoms with E-state index in [4.69, 9.17) is 9.26 Å². The summed E-state index contributed by atoms with van der Waals surface area (Å²) in [6, 6.07) is 13.5. The van der Waals surface area contributed by atoms with Crippen LogP contribution in [0.15, 0.2) is 53.1 Å². The van der Waals surface area contributed by atoms with E-state index in [2.05, 4.69) is 10.1 Å². The van der Waals surface area contributed by atoms with Gasteiger partial charge in [-0.3, -0.25) is 4.79 Å². The topological polar surface area (TPSA) is 68.5 Å². The molecule has 1 saturated heterocycles. The number of amides is 1. The lowest BCUT2D eigenvalue weighted by Crippen LogP contribution is -2.24. The van der Waals surface area contributed by atoms with Crippen molar-refractivity contribution < 1.29 is 18.4 Å². The highest BCUT2D eigenvalue weighted by atomic mass is 19.1. The van der Waals surface area contributed by atoms with E-state index in [0.717, 1.165) is 11.3 Å². The Morgan fingerprint density at radius 1 is 1.26 bits per heavy atom. The molecule has 4 rings (SSSR count). The minimum Gasteiger partial charge on any atom is -0.497 e. The van der Waals surface area contributed by atoms with Gasteiger partial charge in [-0.25, -0.2) is 4.39 Å². The van der Waals surface area contributed by atoms with Crippen LogP contribution in [0, 0.1) is 5.82 Å². The van der Waals surface area contributed by atoms with Gasteiger partial charge in [-0.2, -0.15) is 4.98 Å². The number of hydrogen-bond donors (Lipinski definition) is 0. The predicted molar refractivity (Wildman–Crippen MR) is 95.5 cm³/mol. The minimum absolute atomic E-state index is 0.0518. The van der Waals surface area contributed by atoms with Gasteiger partial charge in [0.2, 0.25) is 5.91 Å². The summed E-state index contributed by atoms with van der Waals surface area (Å²) in [4.78, 5) is 18.6. The fourth-order valence-corrected chi connectivity index (χ4v) is 3.20. The van der Waals surface area contributed by atoms with E-state index in [9.17, 15) is 9.18 Å². The van der Waals surface area contributed by atoms with Crippen LogP contribution >= 0.6 is 0 Å². The molecule has 1 atom stereocenters. The molecule has 3 aromatic rings. The molecule has 2 aromatic carbocycles. The molecule has 1 aliphatic heterocycles. The molecular formula is C20H18FN3O3. The first-order chi connectivity index (χ1) is 13.1. The Labute approximate surface area is 155 Å². The maximum atomic E-state index is 13.0. The number of nitrogens with zero attached hydrogens (tertiary/aromatic N) is 3. The highest BCUT2D eigenvalue weighted by Gasteiger charge is 2.33. The molecule has 0 saturated carbocycles. The molecular weight excluding hydrogens is 349 g/mol. The molecule has 0 radical (unpaired) electrons. The zero-order chi connectivity index (χ0) is 18.8. The lowest BCUT2D eigenvalue weighted by atomic mass is 10.1. The van der Waals surface area contributed by atoms with Crippen LogP contribution in [0.2, 0.25) is 0 Å². The van der Waals surface area contributed by atoms with E-state index >= 15 is 0 Å². The summed E-state index contributed by atoms with van der Waals surface area (Å²) in [6.45, 7) is 1.04. The number of ether oxygens (including phenoxy) is 1. The number of rotatable bonds is 5. The Morgan fingerprint density at radius 3 is 2.85 bits per heavy atom. The van der Waals surface area contributed by atoms with Crippen LogP contribution in [0.5, 0.6) is 5.75 Å². The van der Waals surface area contributed by atoms with Gasteiger partial charge in [-0.15, -0.1) is 0 Å². The Kier molecular flexibility index (Phi) is 4.58. The minimum atomic E-state index is -0.326. The van der Waals surface area contributed by atoms with Crippen LogP contribution in [-0.4, -0.2) is 34.6 Å². The number of likely N-dealkylation sites (tertiary alicyclic amines) is 1. The summed E-state index contributed by atoms with van der Waals surface area (Å²) in [6.07, 6.45) is 0.340. The van der Waals surface area contributed by atoms with Gasteiger partial charge in [0.05, 0.1) is 7.11 Å². The Morgan fingerprint density at radius 2 is 2.07 bits per heavy atom. The van der Waals surface area contributed by atoms with Crippen LogP contribution in [0.25, 0.3) is 11.5 Å². The monoisotopic (exact) mass is 367 g/mol. The van der Waals surface area contributed by atoms with Gasteiger partial charge in [0.25, 0.3) is 5.89 Å². The first kappa shape index (κ1) is 17.2. The third-order valence-electron chi connectivity index (χ3n) is 4.62. The van der Waals surface area contributed by atoms with Crippen LogP contribution in [0.4, 0.5) is 4.39 Å². The first-order valence-corrected chi connectivity index (χ1v) is 8.62. The summed E-state index contributed by atoms with van der Waals surface area (Å²) in [5, 5.41) is 4.02. The molecule has 2 heterocycles. The third-order valence-corrected chi connectivity index (χ3v) is 4.62. The summed E-state index contributed by atoms with van der Waals surface area (Å²) in [5.74, 6) is 1.18. The average molecular weight is 367 g/mol. The van der Waals surface area contributed by atoms with Gasteiger partial charge in [-0.05, 0) is 42.0 Å². The highest BCUT2D eigenvalue weighted by Crippen LogP contribution is 2.29. The molecule has 1 unspecified atom stereocenters. The molecule has 7 heteroatoms. The van der Waals surface area contributed by atoms with Crippen LogP contribution in [-0.2, 0) is 11.3 Å². The molecule has 0 spiro atoms. The molecule has 138 valence electrons. The normalized spacial score (nSPS) is 16.7. The van der Waals surface area contributed by atoms with Gasteiger partial charge in [0.1, 0.15) is 11.6 Å². The van der Waals surface area contributed by atoms with Crippen molar-refractivity contribution in [1.29, 1.82) is 0 Å². The maximum absolute atomic E-state index is 13.0. The van der Waals surface area contributed by atoms with Gasteiger partial charge in [0, 0.05) is 31.0 Å². The fourth-order valence-electron chi connectivity index (χ4n) is 3.20. The number of halogens is 1. The van der Waals surface area contributed by atoms with Crippen molar-refractivity contribution in [1.82, 2.24) is 15.0 Å². The van der Waals surface area contributed by atoms with Crippen molar-refractivity contribution in [3.05, 3.63) is 65.7 Å². The van der Waals surface area contributed by atoms with Gasteiger partial charge in [0.15, 0.2) is 5.82 Å². The molecule has 0 aliphatic carbocycles. The standard InChI is InChI=1S/C20H18FN3O3/c1-26-17-4-2-3-13(9-17)11-24-12-15(10-18(24)25)19-22-20(27-23-19)14-5-7-16(21)8-6-14/h2-9,15H,10-12H2,1H3. The van der Waals surface area contributed by atoms with Gasteiger partial charge < -0.3 is 14.2 Å². The summed E-state index contributed by atoms with van der Waals surface area (Å²) >= 11 is 0. The zero-order valence-electron chi connectivity index (χ0n) is 14.8. The van der Waals surface area contributed by atoms with Crippen molar-refractivity contribution in [2.75, 3.05) is 13.7 Å². The van der Waals surface area contributed by atoms with E-state index in [0.29, 0.717) is 36.8 Å². The van der Waals surface area contributed by atoms with Crippen LogP contribution in [0.1, 0.15) is 23.7 Å². The first-order valence-electron chi connectivity index (χ1n) is 8.62. The van der Waals surface area contributed by atoms with E-state index in [1.54, 1.807) is 24.1 Å². The Hall–Kier alpha value is -3.22. The lowest BCUT2D eigenvalue weighted by Gasteiger charge is -2.16. The molecule has 1 amide bonds. The SMILES string of the molecule is COc1cccc(CN2CC(c3noc(-c4ccc(F)cc4)n3)CC2=O)c1. The largest absolute Gasteiger partial charge is 0.497 e. The average Bonchev–Trinajstić information content (AvgIpc) is 3.30. The lowest BCUT2D eigenvalue weighted by molar-refractivity contribution is -0.128. The Bertz CT molecular complexity index is 955. The third kappa shape index (κ3) is 3.67. The van der Waals surface area contributed by atoms with E-state index in [1.165, 1.54) is 12.1 Å². The molecule has 0 bridgehead atoms. The maximum Gasteiger partial charge on any atom is 0.257 e. The fraction of sp³-hybridized carbons (Fsp3) is 0.250. The van der Waals surface area contributed by atoms with Crippen molar-refractivity contribution >= 4 is 5.91 Å². The van der Waals surface area contributed by atoms with Crippen molar-refractivity contribution in [3.8, 4) is 17.2 Å². The highest BCUT2D eigenvalue weighted by molar-refractivity contribution is 5.79. The molecule has 0 N–H and O–H groups in total. The number of hydrogen-bond acceptors (Lipinski definition) is 5. The van der Waals surface area contributed by atoms with E-state index in [1.807, 2.05) is 24.3 Å². The summed E-state index contributed by atoms with van der Waals surface area (Å²) in [5.41, 5.74) is 1.65. The number of benzene rings is 2. The summed E-state index contributed by atoms with van der Waals surface area (Å²) < 4.78 is 23.6. The van der Waals surface area contributed by atoms with Crippen LogP contribution in [0.3, 0.4) is 0 Å². The van der Waals surface area contributed by atoms with Crippen molar-refractivity contribution in [3.63, 3.8) is 0 Å². The van der Waals surface area contributed by atoms with Crippen LogP contribution < -0.4 is 4.74 Å². The molecule has 1 aromatic heterocycles. The van der Waals surface area contributed by atoms with E-state index in [-0.39, 0.29) is 17.6 Å².